The Balaban J connectivity index is 2.01. The fraction of sp³-hybridized carbons (Fsp3) is 0.429. The van der Waals surface area contributed by atoms with Crippen molar-refractivity contribution in [3.63, 3.8) is 0 Å². The first kappa shape index (κ1) is 19.8. The molecule has 0 spiro atoms. The number of benzene rings is 1. The smallest absolute Gasteiger partial charge is 0.280 e. The zero-order chi connectivity index (χ0) is 19.4. The first-order valence-electron chi connectivity index (χ1n) is 8.96. The summed E-state index contributed by atoms with van der Waals surface area (Å²) in [5.74, 6) is 0.442. The van der Waals surface area contributed by atoms with E-state index < -0.39 is 6.10 Å². The standard InChI is InChI=1S/C21H29N3O2/c1-13(2)24-15(4)11-19(17(24)6)12-22-23-21(25)18(7)26-20-10-8-9-14(3)16(20)5/h8-13,18H,1-7H3,(H,23,25)/b22-12-/t18-/m0/s1. The predicted molar refractivity (Wildman–Crippen MR) is 106 cm³/mol. The lowest BCUT2D eigenvalue weighted by Crippen LogP contribution is -2.33. The maximum Gasteiger partial charge on any atom is 0.280 e. The number of hydrazone groups is 1. The Kier molecular flexibility index (Phi) is 6.24. The lowest BCUT2D eigenvalue weighted by Gasteiger charge is -2.15. The maximum atomic E-state index is 12.2. The lowest BCUT2D eigenvalue weighted by atomic mass is 10.1. The lowest BCUT2D eigenvalue weighted by molar-refractivity contribution is -0.127. The summed E-state index contributed by atoms with van der Waals surface area (Å²) < 4.78 is 8.02. The quantitative estimate of drug-likeness (QED) is 0.623. The molecule has 0 aliphatic rings. The molecule has 140 valence electrons. The van der Waals surface area contributed by atoms with Gasteiger partial charge in [-0.2, -0.15) is 5.10 Å². The summed E-state index contributed by atoms with van der Waals surface area (Å²) in [5, 5.41) is 4.10. The highest BCUT2D eigenvalue weighted by Gasteiger charge is 2.16. The van der Waals surface area contributed by atoms with Crippen molar-refractivity contribution in [1.29, 1.82) is 0 Å². The van der Waals surface area contributed by atoms with Gasteiger partial charge in [-0.25, -0.2) is 5.43 Å². The molecule has 0 bridgehead atoms. The molecule has 0 saturated heterocycles. The van der Waals surface area contributed by atoms with Crippen molar-refractivity contribution in [3.05, 3.63) is 52.3 Å². The first-order valence-corrected chi connectivity index (χ1v) is 8.96. The van der Waals surface area contributed by atoms with Gasteiger partial charge in [0, 0.05) is 23.0 Å². The highest BCUT2D eigenvalue weighted by atomic mass is 16.5. The zero-order valence-corrected chi connectivity index (χ0v) is 16.8. The van der Waals surface area contributed by atoms with Crippen LogP contribution in [0.2, 0.25) is 0 Å². The van der Waals surface area contributed by atoms with Crippen LogP contribution in [0.25, 0.3) is 0 Å². The van der Waals surface area contributed by atoms with Crippen molar-refractivity contribution in [2.24, 2.45) is 5.10 Å². The summed E-state index contributed by atoms with van der Waals surface area (Å²) in [6.07, 6.45) is 1.06. The maximum absolute atomic E-state index is 12.2. The van der Waals surface area contributed by atoms with Crippen LogP contribution in [0.1, 0.15) is 54.9 Å². The molecular weight excluding hydrogens is 326 g/mol. The molecule has 1 atom stereocenters. The third kappa shape index (κ3) is 4.34. The highest BCUT2D eigenvalue weighted by Crippen LogP contribution is 2.22. The molecule has 1 aromatic heterocycles. The Labute approximate surface area is 156 Å². The Hall–Kier alpha value is -2.56. The number of carbonyl (C=O) groups is 1. The molecule has 1 amide bonds. The van der Waals surface area contributed by atoms with Crippen molar-refractivity contribution in [2.75, 3.05) is 0 Å². The van der Waals surface area contributed by atoms with Crippen LogP contribution >= 0.6 is 0 Å². The van der Waals surface area contributed by atoms with E-state index in [1.54, 1.807) is 13.1 Å². The van der Waals surface area contributed by atoms with Crippen LogP contribution in [0, 0.1) is 27.7 Å². The van der Waals surface area contributed by atoms with Gasteiger partial charge in [-0.05, 0) is 71.7 Å². The predicted octanol–water partition coefficient (Wildman–Crippen LogP) is 4.22. The van der Waals surface area contributed by atoms with E-state index in [0.29, 0.717) is 6.04 Å². The molecule has 1 heterocycles. The molecule has 0 unspecified atom stereocenters. The van der Waals surface area contributed by atoms with Crippen molar-refractivity contribution < 1.29 is 9.53 Å². The highest BCUT2D eigenvalue weighted by molar-refractivity contribution is 5.85. The normalized spacial score (nSPS) is 12.6. The second-order valence-electron chi connectivity index (χ2n) is 6.98. The molecule has 1 N–H and O–H groups in total. The summed E-state index contributed by atoms with van der Waals surface area (Å²) in [6.45, 7) is 14.1. The van der Waals surface area contributed by atoms with E-state index >= 15 is 0 Å². The van der Waals surface area contributed by atoms with Crippen molar-refractivity contribution >= 4 is 12.1 Å². The van der Waals surface area contributed by atoms with Crippen LogP contribution in [0.15, 0.2) is 29.4 Å². The minimum absolute atomic E-state index is 0.278. The molecule has 5 heteroatoms. The molecule has 0 fully saturated rings. The van der Waals surface area contributed by atoms with E-state index in [2.05, 4.69) is 48.9 Å². The van der Waals surface area contributed by atoms with Crippen molar-refractivity contribution in [1.82, 2.24) is 9.99 Å². The molecular formula is C21H29N3O2. The fourth-order valence-corrected chi connectivity index (χ4v) is 3.08. The number of hydrogen-bond acceptors (Lipinski definition) is 3. The fourth-order valence-electron chi connectivity index (χ4n) is 3.08. The number of carbonyl (C=O) groups excluding carboxylic acids is 1. The Bertz CT molecular complexity index is 819. The number of aryl methyl sites for hydroxylation is 2. The summed E-state index contributed by atoms with van der Waals surface area (Å²) in [5.41, 5.74) is 8.05. The Morgan fingerprint density at radius 2 is 1.88 bits per heavy atom. The molecule has 1 aromatic carbocycles. The number of amides is 1. The second kappa shape index (κ2) is 8.21. The van der Waals surface area contributed by atoms with Crippen LogP contribution in [-0.4, -0.2) is 22.8 Å². The molecule has 2 rings (SSSR count). The van der Waals surface area contributed by atoms with E-state index in [-0.39, 0.29) is 5.91 Å². The first-order chi connectivity index (χ1) is 12.2. The van der Waals surface area contributed by atoms with Gasteiger partial charge in [0.15, 0.2) is 6.10 Å². The Morgan fingerprint density at radius 1 is 1.19 bits per heavy atom. The molecule has 0 radical (unpaired) electrons. The monoisotopic (exact) mass is 355 g/mol. The molecule has 0 aliphatic carbocycles. The van der Waals surface area contributed by atoms with Crippen molar-refractivity contribution in [3.8, 4) is 5.75 Å². The van der Waals surface area contributed by atoms with Crippen LogP contribution in [0.5, 0.6) is 5.75 Å². The van der Waals surface area contributed by atoms with Gasteiger partial charge in [0.1, 0.15) is 5.75 Å². The van der Waals surface area contributed by atoms with E-state index in [1.807, 2.05) is 32.0 Å². The Morgan fingerprint density at radius 3 is 2.50 bits per heavy atom. The van der Waals surface area contributed by atoms with E-state index in [0.717, 1.165) is 28.1 Å². The molecule has 26 heavy (non-hydrogen) atoms. The third-order valence-electron chi connectivity index (χ3n) is 4.65. The minimum atomic E-state index is -0.629. The molecule has 2 aromatic rings. The van der Waals surface area contributed by atoms with Gasteiger partial charge in [-0.1, -0.05) is 12.1 Å². The van der Waals surface area contributed by atoms with Gasteiger partial charge in [0.05, 0.1) is 6.21 Å². The number of aromatic nitrogens is 1. The SMILES string of the molecule is Cc1cccc(O[C@@H](C)C(=O)N/N=C\c2cc(C)n(C(C)C)c2C)c1C. The van der Waals surface area contributed by atoms with Crippen LogP contribution in [0.3, 0.4) is 0 Å². The molecule has 0 saturated carbocycles. The van der Waals surface area contributed by atoms with E-state index in [1.165, 1.54) is 5.69 Å². The number of nitrogens with one attached hydrogen (secondary N) is 1. The average molecular weight is 355 g/mol. The van der Waals surface area contributed by atoms with Gasteiger partial charge < -0.3 is 9.30 Å². The van der Waals surface area contributed by atoms with Crippen molar-refractivity contribution in [2.45, 2.75) is 60.6 Å². The average Bonchev–Trinajstić information content (AvgIpc) is 2.85. The van der Waals surface area contributed by atoms with Gasteiger partial charge in [-0.15, -0.1) is 0 Å². The summed E-state index contributed by atoms with van der Waals surface area (Å²) in [6, 6.07) is 8.27. The summed E-state index contributed by atoms with van der Waals surface area (Å²) >= 11 is 0. The van der Waals surface area contributed by atoms with Crippen LogP contribution in [-0.2, 0) is 4.79 Å². The van der Waals surface area contributed by atoms with Crippen LogP contribution < -0.4 is 10.2 Å². The third-order valence-corrected chi connectivity index (χ3v) is 4.65. The van der Waals surface area contributed by atoms with E-state index in [4.69, 9.17) is 4.74 Å². The number of rotatable bonds is 6. The topological polar surface area (TPSA) is 55.6 Å². The number of ether oxygens (including phenoxy) is 1. The largest absolute Gasteiger partial charge is 0.481 e. The van der Waals surface area contributed by atoms with E-state index in [9.17, 15) is 4.79 Å². The van der Waals surface area contributed by atoms with Crippen LogP contribution in [0.4, 0.5) is 0 Å². The summed E-state index contributed by atoms with van der Waals surface area (Å²) in [7, 11) is 0. The van der Waals surface area contributed by atoms with Gasteiger partial charge in [0.25, 0.3) is 5.91 Å². The second-order valence-corrected chi connectivity index (χ2v) is 6.98. The summed E-state index contributed by atoms with van der Waals surface area (Å²) in [4.78, 5) is 12.2. The number of hydrogen-bond donors (Lipinski definition) is 1. The van der Waals surface area contributed by atoms with Gasteiger partial charge in [0.2, 0.25) is 0 Å². The van der Waals surface area contributed by atoms with Gasteiger partial charge in [-0.3, -0.25) is 4.79 Å². The molecule has 0 aliphatic heterocycles. The van der Waals surface area contributed by atoms with Gasteiger partial charge >= 0.3 is 0 Å². The minimum Gasteiger partial charge on any atom is -0.481 e. The molecule has 5 nitrogen and oxygen atoms in total. The zero-order valence-electron chi connectivity index (χ0n) is 16.8. The number of nitrogens with zero attached hydrogens (tertiary/aromatic N) is 2.